The average Bonchev–Trinajstić information content (AvgIpc) is 2.72. The standard InChI is InChI=1S/C17H16F6N4O6/c18-14(19)17(22,23)15(31)26-11(12(24)29)13(30)25-8-2-1-7(5-9(8)33-16(20)21)27-3-4-32-6-10(27)28/h1-2,5,11,14,16H,3-4,6H2,(H2,24,29)(H,25,30)(H,26,31)/t11-/m0/s1. The van der Waals surface area contributed by atoms with Crippen molar-refractivity contribution < 1.29 is 55.0 Å². The van der Waals surface area contributed by atoms with Crippen LogP contribution in [0.3, 0.4) is 0 Å². The summed E-state index contributed by atoms with van der Waals surface area (Å²) in [6.45, 7) is -3.45. The number of nitrogens with zero attached hydrogens (tertiary/aromatic N) is 1. The van der Waals surface area contributed by atoms with Crippen molar-refractivity contribution in [2.75, 3.05) is 30.0 Å². The maximum atomic E-state index is 13.1. The summed E-state index contributed by atoms with van der Waals surface area (Å²) < 4.78 is 85.8. The molecule has 0 bridgehead atoms. The van der Waals surface area contributed by atoms with Crippen LogP contribution in [0.5, 0.6) is 5.75 Å². The van der Waals surface area contributed by atoms with Crippen molar-refractivity contribution in [1.29, 1.82) is 0 Å². The largest absolute Gasteiger partial charge is 0.433 e. The van der Waals surface area contributed by atoms with Gasteiger partial charge in [0.25, 0.3) is 17.7 Å². The van der Waals surface area contributed by atoms with E-state index in [2.05, 4.69) is 4.74 Å². The summed E-state index contributed by atoms with van der Waals surface area (Å²) in [5.74, 6) is -12.4. The first-order valence-electron chi connectivity index (χ1n) is 8.88. The Morgan fingerprint density at radius 3 is 2.39 bits per heavy atom. The van der Waals surface area contributed by atoms with E-state index in [0.29, 0.717) is 0 Å². The van der Waals surface area contributed by atoms with E-state index >= 15 is 0 Å². The second-order valence-electron chi connectivity index (χ2n) is 6.38. The van der Waals surface area contributed by atoms with Gasteiger partial charge < -0.3 is 30.7 Å². The number of carbonyl (C=O) groups is 4. The van der Waals surface area contributed by atoms with Crippen molar-refractivity contribution >= 4 is 35.0 Å². The van der Waals surface area contributed by atoms with Crippen LogP contribution in [0.25, 0.3) is 0 Å². The highest BCUT2D eigenvalue weighted by Crippen LogP contribution is 2.32. The molecule has 4 amide bonds. The predicted octanol–water partition coefficient (Wildman–Crippen LogP) is 0.460. The Morgan fingerprint density at radius 2 is 1.85 bits per heavy atom. The van der Waals surface area contributed by atoms with Gasteiger partial charge in [-0.15, -0.1) is 0 Å². The number of halogens is 6. The van der Waals surface area contributed by atoms with Gasteiger partial charge in [-0.1, -0.05) is 0 Å². The molecule has 0 spiro atoms. The molecule has 0 unspecified atom stereocenters. The quantitative estimate of drug-likeness (QED) is 0.342. The van der Waals surface area contributed by atoms with Crippen molar-refractivity contribution in [3.8, 4) is 5.75 Å². The highest BCUT2D eigenvalue weighted by atomic mass is 19.3. The van der Waals surface area contributed by atoms with E-state index in [0.717, 1.165) is 17.4 Å². The van der Waals surface area contributed by atoms with Crippen LogP contribution in [-0.4, -0.2) is 68.4 Å². The molecular weight excluding hydrogens is 470 g/mol. The van der Waals surface area contributed by atoms with Gasteiger partial charge in [-0.05, 0) is 12.1 Å². The van der Waals surface area contributed by atoms with Crippen molar-refractivity contribution in [1.82, 2.24) is 5.32 Å². The molecule has 2 rings (SSSR count). The molecule has 1 heterocycles. The van der Waals surface area contributed by atoms with E-state index < -0.39 is 60.1 Å². The molecule has 1 fully saturated rings. The van der Waals surface area contributed by atoms with Crippen LogP contribution in [-0.2, 0) is 23.9 Å². The number of anilines is 2. The van der Waals surface area contributed by atoms with Gasteiger partial charge in [0, 0.05) is 18.3 Å². The van der Waals surface area contributed by atoms with E-state index in [1.54, 1.807) is 0 Å². The molecule has 33 heavy (non-hydrogen) atoms. The maximum absolute atomic E-state index is 13.1. The third kappa shape index (κ3) is 6.24. The highest BCUT2D eigenvalue weighted by molar-refractivity contribution is 6.12. The topological polar surface area (TPSA) is 140 Å². The van der Waals surface area contributed by atoms with Gasteiger partial charge in [-0.3, -0.25) is 19.2 Å². The zero-order valence-electron chi connectivity index (χ0n) is 16.3. The molecule has 1 aliphatic heterocycles. The van der Waals surface area contributed by atoms with Crippen LogP contribution in [0.2, 0.25) is 0 Å². The van der Waals surface area contributed by atoms with E-state index in [9.17, 15) is 45.5 Å². The third-order valence-corrected chi connectivity index (χ3v) is 4.14. The number of morpholine rings is 1. The molecule has 182 valence electrons. The Hall–Kier alpha value is -3.56. The molecule has 0 saturated carbocycles. The average molecular weight is 486 g/mol. The zero-order chi connectivity index (χ0) is 24.9. The Kier molecular flexibility index (Phi) is 8.08. The van der Waals surface area contributed by atoms with Crippen LogP contribution < -0.4 is 26.0 Å². The second-order valence-corrected chi connectivity index (χ2v) is 6.38. The van der Waals surface area contributed by atoms with Gasteiger partial charge in [0.1, 0.15) is 6.61 Å². The normalized spacial score (nSPS) is 15.4. The molecule has 1 saturated heterocycles. The van der Waals surface area contributed by atoms with E-state index in [-0.39, 0.29) is 25.4 Å². The number of carbonyl (C=O) groups excluding carboxylic acids is 4. The van der Waals surface area contributed by atoms with Crippen LogP contribution in [0.15, 0.2) is 18.2 Å². The first-order chi connectivity index (χ1) is 15.3. The number of rotatable bonds is 9. The molecule has 0 aliphatic carbocycles. The number of hydrogen-bond donors (Lipinski definition) is 3. The van der Waals surface area contributed by atoms with Gasteiger partial charge in [0.2, 0.25) is 5.91 Å². The zero-order valence-corrected chi connectivity index (χ0v) is 16.3. The Bertz CT molecular complexity index is 931. The minimum Gasteiger partial charge on any atom is -0.433 e. The fourth-order valence-electron chi connectivity index (χ4n) is 2.56. The lowest BCUT2D eigenvalue weighted by Crippen LogP contribution is -2.57. The van der Waals surface area contributed by atoms with Crippen LogP contribution >= 0.6 is 0 Å². The molecule has 4 N–H and O–H groups in total. The molecule has 16 heteroatoms. The summed E-state index contributed by atoms with van der Waals surface area (Å²) in [4.78, 5) is 48.1. The summed E-state index contributed by atoms with van der Waals surface area (Å²) in [5, 5.41) is 2.93. The number of benzene rings is 1. The fraction of sp³-hybridized carbons (Fsp3) is 0.412. The van der Waals surface area contributed by atoms with E-state index in [1.807, 2.05) is 5.32 Å². The summed E-state index contributed by atoms with van der Waals surface area (Å²) in [6.07, 6.45) is -4.45. The Labute approximate surface area is 181 Å². The number of hydrogen-bond acceptors (Lipinski definition) is 6. The summed E-state index contributed by atoms with van der Waals surface area (Å²) in [5.41, 5.74) is 4.40. The first kappa shape index (κ1) is 25.7. The minimum atomic E-state index is -5.25. The van der Waals surface area contributed by atoms with Crippen molar-refractivity contribution in [3.05, 3.63) is 18.2 Å². The lowest BCUT2D eigenvalue weighted by molar-refractivity contribution is -0.171. The number of alkyl halides is 6. The van der Waals surface area contributed by atoms with Crippen LogP contribution in [0.1, 0.15) is 0 Å². The molecule has 0 aromatic heterocycles. The summed E-state index contributed by atoms with van der Waals surface area (Å²) >= 11 is 0. The van der Waals surface area contributed by atoms with Crippen LogP contribution in [0.4, 0.5) is 37.7 Å². The van der Waals surface area contributed by atoms with Gasteiger partial charge in [-0.2, -0.15) is 17.6 Å². The molecule has 10 nitrogen and oxygen atoms in total. The van der Waals surface area contributed by atoms with E-state index in [4.69, 9.17) is 10.5 Å². The predicted molar refractivity (Wildman–Crippen MR) is 97.0 cm³/mol. The molecule has 1 aliphatic rings. The van der Waals surface area contributed by atoms with E-state index in [1.165, 1.54) is 11.0 Å². The van der Waals surface area contributed by atoms with Gasteiger partial charge in [-0.25, -0.2) is 8.78 Å². The Balaban J connectivity index is 2.28. The monoisotopic (exact) mass is 486 g/mol. The number of amides is 4. The number of nitrogens with one attached hydrogen (secondary N) is 2. The fourth-order valence-corrected chi connectivity index (χ4v) is 2.56. The summed E-state index contributed by atoms with van der Waals surface area (Å²) in [7, 11) is 0. The second kappa shape index (κ2) is 10.4. The third-order valence-electron chi connectivity index (χ3n) is 4.14. The SMILES string of the molecule is NC(=O)[C@H](NC(=O)C(F)(F)C(F)F)C(=O)Nc1ccc(N2CCOCC2=O)cc1OC(F)F. The van der Waals surface area contributed by atoms with Crippen molar-refractivity contribution in [3.63, 3.8) is 0 Å². The van der Waals surface area contributed by atoms with Crippen molar-refractivity contribution in [2.45, 2.75) is 25.0 Å². The summed E-state index contributed by atoms with van der Waals surface area (Å²) in [6, 6.07) is 0.539. The van der Waals surface area contributed by atoms with Crippen LogP contribution in [0, 0.1) is 0 Å². The van der Waals surface area contributed by atoms with Gasteiger partial charge in [0.15, 0.2) is 11.8 Å². The smallest absolute Gasteiger partial charge is 0.387 e. The molecular formula is C17H16F6N4O6. The molecule has 1 atom stereocenters. The minimum absolute atomic E-state index is 0.0762. The molecule has 1 aromatic rings. The highest BCUT2D eigenvalue weighted by Gasteiger charge is 2.50. The molecule has 0 radical (unpaired) electrons. The van der Waals surface area contributed by atoms with Gasteiger partial charge >= 0.3 is 19.0 Å². The number of ether oxygens (including phenoxy) is 2. The number of nitrogens with two attached hydrogens (primary N) is 1. The lowest BCUT2D eigenvalue weighted by atomic mass is 10.2. The van der Waals surface area contributed by atoms with Crippen molar-refractivity contribution in [2.24, 2.45) is 5.73 Å². The van der Waals surface area contributed by atoms with Gasteiger partial charge in [0.05, 0.1) is 12.3 Å². The molecule has 1 aromatic carbocycles. The maximum Gasteiger partial charge on any atom is 0.387 e. The first-order valence-corrected chi connectivity index (χ1v) is 8.88. The Morgan fingerprint density at radius 1 is 1.18 bits per heavy atom. The lowest BCUT2D eigenvalue weighted by Gasteiger charge is -2.27. The number of primary amides is 1.